The molecule has 30 heavy (non-hydrogen) atoms. The van der Waals surface area contributed by atoms with Crippen molar-refractivity contribution in [3.8, 4) is 0 Å². The van der Waals surface area contributed by atoms with Crippen LogP contribution in [0.2, 0.25) is 0 Å². The first kappa shape index (κ1) is 22.4. The molecule has 1 fully saturated rings. The number of carbonyl (C=O) groups excluding carboxylic acids is 1. The van der Waals surface area contributed by atoms with E-state index in [1.165, 1.54) is 23.8 Å². The third-order valence-electron chi connectivity index (χ3n) is 5.27. The first-order valence-corrected chi connectivity index (χ1v) is 11.6. The number of hydrogen-bond acceptors (Lipinski definition) is 4. The fraction of sp³-hybridized carbons (Fsp3) is 0.409. The number of halogens is 1. The van der Waals surface area contributed by atoms with Crippen LogP contribution >= 0.6 is 0 Å². The number of rotatable bonds is 7. The Morgan fingerprint density at radius 3 is 2.20 bits per heavy atom. The number of piperazine rings is 1. The molecule has 1 atom stereocenters. The minimum absolute atomic E-state index is 0.274. The number of sulfonamides is 1. The number of hydrogen-bond donors (Lipinski definition) is 1. The number of nitrogens with zero attached hydrogens (tertiary/aromatic N) is 2. The monoisotopic (exact) mass is 433 g/mol. The first-order valence-electron chi connectivity index (χ1n) is 10.1. The standard InChI is InChI=1S/C22H28FN3O3S/c1-17(2)21(24-30(28,29)20-11-7-6-10-19(20)23)22(27)26-14-12-25(13-15-26)16-18-8-4-3-5-9-18/h3-11,17,21,24H,12-16H2,1-2H3. The molecule has 1 amide bonds. The second kappa shape index (κ2) is 9.68. The van der Waals surface area contributed by atoms with Crippen molar-refractivity contribution in [1.29, 1.82) is 0 Å². The van der Waals surface area contributed by atoms with Gasteiger partial charge in [-0.25, -0.2) is 12.8 Å². The molecule has 1 aliphatic rings. The molecule has 0 saturated carbocycles. The van der Waals surface area contributed by atoms with Crippen molar-refractivity contribution >= 4 is 15.9 Å². The van der Waals surface area contributed by atoms with Gasteiger partial charge in [-0.05, 0) is 23.6 Å². The topological polar surface area (TPSA) is 69.7 Å². The van der Waals surface area contributed by atoms with E-state index in [0.717, 1.165) is 12.6 Å². The Kier molecular flexibility index (Phi) is 7.23. The number of carbonyl (C=O) groups is 1. The summed E-state index contributed by atoms with van der Waals surface area (Å²) in [7, 11) is -4.15. The fourth-order valence-electron chi connectivity index (χ4n) is 3.53. The van der Waals surface area contributed by atoms with Gasteiger partial charge in [0.1, 0.15) is 16.8 Å². The Morgan fingerprint density at radius 1 is 1.00 bits per heavy atom. The largest absolute Gasteiger partial charge is 0.339 e. The molecule has 1 unspecified atom stereocenters. The van der Waals surface area contributed by atoms with Crippen LogP contribution in [0.3, 0.4) is 0 Å². The van der Waals surface area contributed by atoms with Crippen molar-refractivity contribution in [2.75, 3.05) is 26.2 Å². The van der Waals surface area contributed by atoms with Crippen LogP contribution in [0.4, 0.5) is 4.39 Å². The number of benzene rings is 2. The molecule has 2 aromatic carbocycles. The molecule has 1 aliphatic heterocycles. The maximum Gasteiger partial charge on any atom is 0.244 e. The Hall–Kier alpha value is -2.29. The van der Waals surface area contributed by atoms with Gasteiger partial charge in [0.15, 0.2) is 0 Å². The van der Waals surface area contributed by atoms with Crippen molar-refractivity contribution in [3.63, 3.8) is 0 Å². The molecule has 0 bridgehead atoms. The van der Waals surface area contributed by atoms with E-state index in [1.54, 1.807) is 18.7 Å². The molecule has 1 saturated heterocycles. The van der Waals surface area contributed by atoms with Gasteiger partial charge in [0.25, 0.3) is 0 Å². The van der Waals surface area contributed by atoms with E-state index in [0.29, 0.717) is 26.2 Å². The zero-order chi connectivity index (χ0) is 21.7. The molecule has 6 nitrogen and oxygen atoms in total. The lowest BCUT2D eigenvalue weighted by Gasteiger charge is -2.37. The average Bonchev–Trinajstić information content (AvgIpc) is 2.73. The average molecular weight is 434 g/mol. The minimum atomic E-state index is -4.15. The summed E-state index contributed by atoms with van der Waals surface area (Å²) in [5.41, 5.74) is 1.22. The Bertz CT molecular complexity index is 959. The Balaban J connectivity index is 1.64. The van der Waals surface area contributed by atoms with E-state index in [-0.39, 0.29) is 11.8 Å². The summed E-state index contributed by atoms with van der Waals surface area (Å²) in [6, 6.07) is 14.4. The lowest BCUT2D eigenvalue weighted by atomic mass is 10.0. The van der Waals surface area contributed by atoms with E-state index in [1.807, 2.05) is 18.2 Å². The summed E-state index contributed by atoms with van der Waals surface area (Å²) < 4.78 is 41.8. The highest BCUT2D eigenvalue weighted by molar-refractivity contribution is 7.89. The summed E-state index contributed by atoms with van der Waals surface area (Å²) in [4.78, 5) is 16.6. The molecule has 8 heteroatoms. The summed E-state index contributed by atoms with van der Waals surface area (Å²) in [6.45, 7) is 6.84. The maximum absolute atomic E-state index is 14.0. The predicted octanol–water partition coefficient (Wildman–Crippen LogP) is 2.47. The SMILES string of the molecule is CC(C)C(NS(=O)(=O)c1ccccc1F)C(=O)N1CCN(Cc2ccccc2)CC1. The van der Waals surface area contributed by atoms with Gasteiger partial charge in [-0.3, -0.25) is 9.69 Å². The third-order valence-corrected chi connectivity index (χ3v) is 6.75. The molecule has 1 N–H and O–H groups in total. The molecule has 162 valence electrons. The van der Waals surface area contributed by atoms with Crippen molar-refractivity contribution in [1.82, 2.24) is 14.5 Å². The summed E-state index contributed by atoms with van der Waals surface area (Å²) in [5, 5.41) is 0. The molecular weight excluding hydrogens is 405 g/mol. The van der Waals surface area contributed by atoms with Crippen LogP contribution in [0.1, 0.15) is 19.4 Å². The second-order valence-electron chi connectivity index (χ2n) is 7.86. The highest BCUT2D eigenvalue weighted by atomic mass is 32.2. The van der Waals surface area contributed by atoms with E-state index in [4.69, 9.17) is 0 Å². The second-order valence-corrected chi connectivity index (χ2v) is 9.54. The lowest BCUT2D eigenvalue weighted by molar-refractivity contribution is -0.135. The van der Waals surface area contributed by atoms with Gasteiger partial charge in [-0.2, -0.15) is 4.72 Å². The van der Waals surface area contributed by atoms with Crippen LogP contribution in [0, 0.1) is 11.7 Å². The maximum atomic E-state index is 14.0. The summed E-state index contributed by atoms with van der Waals surface area (Å²) in [6.07, 6.45) is 0. The molecule has 1 heterocycles. The van der Waals surface area contributed by atoms with Crippen molar-refractivity contribution in [2.24, 2.45) is 5.92 Å². The van der Waals surface area contributed by atoms with Gasteiger partial charge in [0.2, 0.25) is 15.9 Å². The molecule has 0 aliphatic carbocycles. The molecule has 0 radical (unpaired) electrons. The fourth-order valence-corrected chi connectivity index (χ4v) is 4.95. The van der Waals surface area contributed by atoms with Gasteiger partial charge < -0.3 is 4.90 Å². The molecule has 2 aromatic rings. The zero-order valence-electron chi connectivity index (χ0n) is 17.3. The normalized spacial score (nSPS) is 16.6. The van der Waals surface area contributed by atoms with E-state index < -0.39 is 26.8 Å². The molecular formula is C22H28FN3O3S. The summed E-state index contributed by atoms with van der Waals surface area (Å²) in [5.74, 6) is -1.39. The Morgan fingerprint density at radius 2 is 1.60 bits per heavy atom. The molecule has 0 aromatic heterocycles. The first-order chi connectivity index (χ1) is 14.3. The van der Waals surface area contributed by atoms with Crippen LogP contribution in [0.25, 0.3) is 0 Å². The van der Waals surface area contributed by atoms with Crippen LogP contribution in [0.5, 0.6) is 0 Å². The van der Waals surface area contributed by atoms with Crippen LogP contribution < -0.4 is 4.72 Å². The van der Waals surface area contributed by atoms with Gasteiger partial charge in [-0.1, -0.05) is 56.3 Å². The van der Waals surface area contributed by atoms with E-state index in [9.17, 15) is 17.6 Å². The Labute approximate surface area is 177 Å². The molecule has 0 spiro atoms. The highest BCUT2D eigenvalue weighted by Gasteiger charge is 2.33. The molecule has 3 rings (SSSR count). The smallest absolute Gasteiger partial charge is 0.244 e. The van der Waals surface area contributed by atoms with Gasteiger partial charge >= 0.3 is 0 Å². The highest BCUT2D eigenvalue weighted by Crippen LogP contribution is 2.17. The zero-order valence-corrected chi connectivity index (χ0v) is 18.1. The van der Waals surface area contributed by atoms with Gasteiger partial charge in [0.05, 0.1) is 0 Å². The quantitative estimate of drug-likeness (QED) is 0.728. The van der Waals surface area contributed by atoms with Crippen molar-refractivity contribution in [3.05, 3.63) is 66.0 Å². The minimum Gasteiger partial charge on any atom is -0.339 e. The van der Waals surface area contributed by atoms with Crippen molar-refractivity contribution in [2.45, 2.75) is 31.3 Å². The summed E-state index contributed by atoms with van der Waals surface area (Å²) >= 11 is 0. The number of nitrogens with one attached hydrogen (secondary N) is 1. The van der Waals surface area contributed by atoms with E-state index >= 15 is 0 Å². The van der Waals surface area contributed by atoms with Crippen LogP contribution in [-0.4, -0.2) is 56.3 Å². The number of amides is 1. The van der Waals surface area contributed by atoms with Crippen LogP contribution in [0.15, 0.2) is 59.5 Å². The van der Waals surface area contributed by atoms with Crippen molar-refractivity contribution < 1.29 is 17.6 Å². The lowest BCUT2D eigenvalue weighted by Crippen LogP contribution is -2.56. The van der Waals surface area contributed by atoms with E-state index in [2.05, 4.69) is 21.8 Å². The van der Waals surface area contributed by atoms with Gasteiger partial charge in [-0.15, -0.1) is 0 Å². The third kappa shape index (κ3) is 5.44. The van der Waals surface area contributed by atoms with Gasteiger partial charge in [0, 0.05) is 32.7 Å². The predicted molar refractivity (Wildman–Crippen MR) is 114 cm³/mol. The van der Waals surface area contributed by atoms with Crippen LogP contribution in [-0.2, 0) is 21.4 Å².